The molecule has 1 N–H and O–H groups in total. The molecule has 0 saturated carbocycles. The van der Waals surface area contributed by atoms with E-state index in [0.29, 0.717) is 5.92 Å². The number of benzene rings is 1. The van der Waals surface area contributed by atoms with Gasteiger partial charge in [0.15, 0.2) is 0 Å². The number of piperidine rings is 1. The number of halogens is 1. The van der Waals surface area contributed by atoms with Crippen LogP contribution < -0.4 is 5.32 Å². The molecule has 122 valence electrons. The van der Waals surface area contributed by atoms with Crippen LogP contribution in [0.1, 0.15) is 38.7 Å². The molecule has 0 aromatic heterocycles. The second kappa shape index (κ2) is 6.88. The standard InChI is InChI=1S/C17H25ClN2O2/c1-17(2,3)22-16(21)19-15-9-13(10-20(4)11-15)12-6-5-7-14(18)8-12/h5-8,13,15H,9-11H2,1-4H3,(H,19,21). The van der Waals surface area contributed by atoms with E-state index in [9.17, 15) is 4.79 Å². The number of carbonyl (C=O) groups is 1. The largest absolute Gasteiger partial charge is 0.444 e. The molecule has 1 heterocycles. The van der Waals surface area contributed by atoms with E-state index in [1.54, 1.807) is 0 Å². The van der Waals surface area contributed by atoms with Crippen molar-refractivity contribution >= 4 is 17.7 Å². The van der Waals surface area contributed by atoms with Crippen LogP contribution in [0.2, 0.25) is 5.02 Å². The molecule has 0 bridgehead atoms. The highest BCUT2D eigenvalue weighted by Gasteiger charge is 2.28. The van der Waals surface area contributed by atoms with Crippen LogP contribution in [0.3, 0.4) is 0 Å². The number of rotatable bonds is 2. The van der Waals surface area contributed by atoms with Crippen molar-refractivity contribution in [2.45, 2.75) is 44.8 Å². The van der Waals surface area contributed by atoms with Gasteiger partial charge in [0.1, 0.15) is 5.60 Å². The van der Waals surface area contributed by atoms with E-state index in [0.717, 1.165) is 24.5 Å². The Morgan fingerprint density at radius 2 is 2.09 bits per heavy atom. The van der Waals surface area contributed by atoms with Crippen molar-refractivity contribution < 1.29 is 9.53 Å². The van der Waals surface area contributed by atoms with Gasteiger partial charge in [-0.1, -0.05) is 23.7 Å². The molecule has 1 amide bonds. The highest BCUT2D eigenvalue weighted by molar-refractivity contribution is 6.30. The van der Waals surface area contributed by atoms with E-state index in [2.05, 4.69) is 23.3 Å². The highest BCUT2D eigenvalue weighted by atomic mass is 35.5. The fourth-order valence-corrected chi connectivity index (χ4v) is 3.10. The normalized spacial score (nSPS) is 23.1. The second-order valence-corrected chi connectivity index (χ2v) is 7.49. The third-order valence-electron chi connectivity index (χ3n) is 3.67. The van der Waals surface area contributed by atoms with Crippen molar-refractivity contribution in [3.8, 4) is 0 Å². The molecule has 0 spiro atoms. The Hall–Kier alpha value is -1.26. The number of nitrogens with zero attached hydrogens (tertiary/aromatic N) is 1. The summed E-state index contributed by atoms with van der Waals surface area (Å²) in [6.07, 6.45) is 0.543. The Morgan fingerprint density at radius 3 is 2.73 bits per heavy atom. The molecule has 2 atom stereocenters. The van der Waals surface area contributed by atoms with Gasteiger partial charge in [0.05, 0.1) is 0 Å². The van der Waals surface area contributed by atoms with Gasteiger partial charge in [-0.2, -0.15) is 0 Å². The molecule has 2 unspecified atom stereocenters. The van der Waals surface area contributed by atoms with Gasteiger partial charge in [-0.3, -0.25) is 0 Å². The Bertz CT molecular complexity index is 528. The number of ether oxygens (including phenoxy) is 1. The zero-order chi connectivity index (χ0) is 16.3. The van der Waals surface area contributed by atoms with E-state index in [1.165, 1.54) is 5.56 Å². The number of carbonyl (C=O) groups excluding carboxylic acids is 1. The van der Waals surface area contributed by atoms with E-state index in [4.69, 9.17) is 16.3 Å². The van der Waals surface area contributed by atoms with Crippen molar-refractivity contribution in [3.05, 3.63) is 34.9 Å². The van der Waals surface area contributed by atoms with Crippen LogP contribution in [0.25, 0.3) is 0 Å². The van der Waals surface area contributed by atoms with E-state index in [1.807, 2.05) is 39.0 Å². The van der Waals surface area contributed by atoms with Crippen LogP contribution in [-0.2, 0) is 4.74 Å². The highest BCUT2D eigenvalue weighted by Crippen LogP contribution is 2.28. The van der Waals surface area contributed by atoms with Crippen molar-refractivity contribution in [1.29, 1.82) is 0 Å². The van der Waals surface area contributed by atoms with Crippen molar-refractivity contribution in [2.75, 3.05) is 20.1 Å². The lowest BCUT2D eigenvalue weighted by Gasteiger charge is -2.36. The SMILES string of the molecule is CN1CC(NC(=O)OC(C)(C)C)CC(c2cccc(Cl)c2)C1. The van der Waals surface area contributed by atoms with E-state index in [-0.39, 0.29) is 12.1 Å². The molecule has 0 aliphatic carbocycles. The molecule has 22 heavy (non-hydrogen) atoms. The topological polar surface area (TPSA) is 41.6 Å². The summed E-state index contributed by atoms with van der Waals surface area (Å²) in [6, 6.07) is 8.05. The summed E-state index contributed by atoms with van der Waals surface area (Å²) in [4.78, 5) is 14.2. The first-order valence-electron chi connectivity index (χ1n) is 7.66. The molecule has 1 saturated heterocycles. The minimum atomic E-state index is -0.475. The summed E-state index contributed by atoms with van der Waals surface area (Å²) in [5.74, 6) is 0.359. The number of amides is 1. The number of nitrogens with one attached hydrogen (secondary N) is 1. The van der Waals surface area contributed by atoms with Crippen LogP contribution in [0.4, 0.5) is 4.79 Å². The quantitative estimate of drug-likeness (QED) is 0.902. The molecule has 1 aromatic carbocycles. The minimum Gasteiger partial charge on any atom is -0.444 e. The summed E-state index contributed by atoms with van der Waals surface area (Å²) < 4.78 is 5.35. The van der Waals surface area contributed by atoms with Gasteiger partial charge in [0.25, 0.3) is 0 Å². The Labute approximate surface area is 137 Å². The third kappa shape index (κ3) is 5.18. The molecule has 1 aliphatic rings. The first-order valence-corrected chi connectivity index (χ1v) is 8.04. The molecule has 1 aromatic rings. The van der Waals surface area contributed by atoms with Crippen molar-refractivity contribution in [3.63, 3.8) is 0 Å². The Morgan fingerprint density at radius 1 is 1.36 bits per heavy atom. The average molecular weight is 325 g/mol. The maximum Gasteiger partial charge on any atom is 0.407 e. The molecule has 1 fully saturated rings. The van der Waals surface area contributed by atoms with Crippen LogP contribution in [-0.4, -0.2) is 42.8 Å². The summed E-state index contributed by atoms with van der Waals surface area (Å²) in [7, 11) is 2.07. The lowest BCUT2D eigenvalue weighted by molar-refractivity contribution is 0.0473. The molecule has 2 rings (SSSR count). The zero-order valence-electron chi connectivity index (χ0n) is 13.7. The third-order valence-corrected chi connectivity index (χ3v) is 3.91. The van der Waals surface area contributed by atoms with E-state index < -0.39 is 5.60 Å². The number of likely N-dealkylation sites (tertiary alicyclic amines) is 1. The number of alkyl carbamates (subject to hydrolysis) is 1. The summed E-state index contributed by atoms with van der Waals surface area (Å²) in [5, 5.41) is 3.74. The Kier molecular flexibility index (Phi) is 5.35. The zero-order valence-corrected chi connectivity index (χ0v) is 14.5. The average Bonchev–Trinajstić information content (AvgIpc) is 2.35. The van der Waals surface area contributed by atoms with Gasteiger partial charge in [0.2, 0.25) is 0 Å². The van der Waals surface area contributed by atoms with Gasteiger partial charge in [-0.15, -0.1) is 0 Å². The first kappa shape index (κ1) is 17.1. The Balaban J connectivity index is 2.00. The van der Waals surface area contributed by atoms with Crippen LogP contribution in [0.5, 0.6) is 0 Å². The maximum atomic E-state index is 12.0. The molecular weight excluding hydrogens is 300 g/mol. The number of hydrogen-bond donors (Lipinski definition) is 1. The monoisotopic (exact) mass is 324 g/mol. The predicted octanol–water partition coefficient (Wildman–Crippen LogP) is 3.65. The van der Waals surface area contributed by atoms with Crippen molar-refractivity contribution in [1.82, 2.24) is 10.2 Å². The first-order chi connectivity index (χ1) is 10.2. The smallest absolute Gasteiger partial charge is 0.407 e. The van der Waals surface area contributed by atoms with Gasteiger partial charge >= 0.3 is 6.09 Å². The van der Waals surface area contributed by atoms with Gasteiger partial charge in [-0.25, -0.2) is 4.79 Å². The summed E-state index contributed by atoms with van der Waals surface area (Å²) in [6.45, 7) is 7.40. The summed E-state index contributed by atoms with van der Waals surface area (Å²) >= 11 is 6.09. The molecular formula is C17H25ClN2O2. The van der Waals surface area contributed by atoms with Gasteiger partial charge in [0, 0.05) is 24.2 Å². The predicted molar refractivity (Wildman–Crippen MR) is 89.5 cm³/mol. The van der Waals surface area contributed by atoms with Crippen LogP contribution in [0.15, 0.2) is 24.3 Å². The number of hydrogen-bond acceptors (Lipinski definition) is 3. The van der Waals surface area contributed by atoms with Gasteiger partial charge in [-0.05, 0) is 57.9 Å². The lowest BCUT2D eigenvalue weighted by atomic mass is 9.88. The number of likely N-dealkylation sites (N-methyl/N-ethyl adjacent to an activating group) is 1. The molecule has 1 aliphatic heterocycles. The van der Waals surface area contributed by atoms with Crippen molar-refractivity contribution in [2.24, 2.45) is 0 Å². The molecule has 0 radical (unpaired) electrons. The molecule has 4 nitrogen and oxygen atoms in total. The van der Waals surface area contributed by atoms with Crippen LogP contribution in [0, 0.1) is 0 Å². The summed E-state index contributed by atoms with van der Waals surface area (Å²) in [5.41, 5.74) is 0.742. The second-order valence-electron chi connectivity index (χ2n) is 7.05. The lowest BCUT2D eigenvalue weighted by Crippen LogP contribution is -2.49. The van der Waals surface area contributed by atoms with Gasteiger partial charge < -0.3 is 15.0 Å². The van der Waals surface area contributed by atoms with Crippen LogP contribution >= 0.6 is 11.6 Å². The van der Waals surface area contributed by atoms with E-state index >= 15 is 0 Å². The molecule has 5 heteroatoms. The fourth-order valence-electron chi connectivity index (χ4n) is 2.90. The fraction of sp³-hybridized carbons (Fsp3) is 0.588. The maximum absolute atomic E-state index is 12.0. The minimum absolute atomic E-state index is 0.0811.